The molecule has 0 unspecified atom stereocenters. The first-order valence-corrected chi connectivity index (χ1v) is 14.4. The standard InChI is InChI=1S/C25H31ClN6O2S/c26-17-11-27-20(28-12-17)16-2-6-23(7-3-16)13-32(14-23)22-29-18-10-25(8-9-25)35(34)19(18)21(30-22)31-24(15-33)4-1-5-24/h11-12,16,33H,1-10,13-15H2,(H,29,30,31)/t35-/m0/s1. The zero-order valence-electron chi connectivity index (χ0n) is 19.8. The number of halogens is 1. The molecule has 10 heteroatoms. The van der Waals surface area contributed by atoms with Gasteiger partial charge in [0.2, 0.25) is 5.95 Å². The summed E-state index contributed by atoms with van der Waals surface area (Å²) < 4.78 is 13.2. The van der Waals surface area contributed by atoms with Gasteiger partial charge in [-0.3, -0.25) is 4.21 Å². The van der Waals surface area contributed by atoms with Crippen molar-refractivity contribution in [3.63, 3.8) is 0 Å². The van der Waals surface area contributed by atoms with Gasteiger partial charge in [0.1, 0.15) is 16.5 Å². The van der Waals surface area contributed by atoms with Crippen LogP contribution >= 0.6 is 11.6 Å². The van der Waals surface area contributed by atoms with Crippen molar-refractivity contribution in [2.45, 2.75) is 85.3 Å². The van der Waals surface area contributed by atoms with Crippen LogP contribution in [0.4, 0.5) is 11.8 Å². The van der Waals surface area contributed by atoms with Crippen molar-refractivity contribution in [1.82, 2.24) is 19.9 Å². The lowest BCUT2D eigenvalue weighted by atomic mass is 9.66. The van der Waals surface area contributed by atoms with Crippen molar-refractivity contribution in [3.05, 3.63) is 28.9 Å². The van der Waals surface area contributed by atoms with Crippen LogP contribution < -0.4 is 10.2 Å². The van der Waals surface area contributed by atoms with Crippen molar-refractivity contribution < 1.29 is 9.32 Å². The molecule has 35 heavy (non-hydrogen) atoms. The second kappa shape index (κ2) is 7.83. The van der Waals surface area contributed by atoms with Crippen LogP contribution in [0.5, 0.6) is 0 Å². The molecular weight excluding hydrogens is 484 g/mol. The Morgan fingerprint density at radius 3 is 2.40 bits per heavy atom. The number of nitrogens with zero attached hydrogens (tertiary/aromatic N) is 5. The van der Waals surface area contributed by atoms with Crippen LogP contribution in [0.1, 0.15) is 75.2 Å². The van der Waals surface area contributed by atoms with Gasteiger partial charge in [0.25, 0.3) is 0 Å². The highest BCUT2D eigenvalue weighted by atomic mass is 35.5. The molecule has 0 amide bonds. The molecular formula is C25H31ClN6O2S. The van der Waals surface area contributed by atoms with Crippen LogP contribution in [-0.2, 0) is 17.2 Å². The van der Waals surface area contributed by atoms with Crippen molar-refractivity contribution in [1.29, 1.82) is 0 Å². The van der Waals surface area contributed by atoms with E-state index in [1.807, 2.05) is 0 Å². The zero-order chi connectivity index (χ0) is 23.8. The Labute approximate surface area is 212 Å². The maximum atomic E-state index is 13.4. The predicted molar refractivity (Wildman–Crippen MR) is 134 cm³/mol. The molecule has 2 aromatic heterocycles. The lowest BCUT2D eigenvalue weighted by Gasteiger charge is -2.53. The molecule has 2 spiro atoms. The molecule has 186 valence electrons. The molecule has 4 heterocycles. The van der Waals surface area contributed by atoms with E-state index in [2.05, 4.69) is 20.2 Å². The first-order chi connectivity index (χ1) is 16.9. The summed E-state index contributed by atoms with van der Waals surface area (Å²) in [6.07, 6.45) is 13.6. The van der Waals surface area contributed by atoms with Gasteiger partial charge in [-0.15, -0.1) is 0 Å². The molecule has 2 aliphatic heterocycles. The minimum atomic E-state index is -1.07. The molecule has 3 aliphatic carbocycles. The monoisotopic (exact) mass is 514 g/mol. The van der Waals surface area contributed by atoms with Gasteiger partial charge in [-0.05, 0) is 57.8 Å². The largest absolute Gasteiger partial charge is 0.394 e. The Hall–Kier alpha value is -1.84. The molecule has 1 saturated heterocycles. The number of rotatable bonds is 5. The normalized spacial score (nSPS) is 27.4. The van der Waals surface area contributed by atoms with Crippen molar-refractivity contribution >= 4 is 34.2 Å². The number of aromatic nitrogens is 4. The van der Waals surface area contributed by atoms with Gasteiger partial charge in [0, 0.05) is 43.2 Å². The third-order valence-corrected chi connectivity index (χ3v) is 11.5. The maximum Gasteiger partial charge on any atom is 0.227 e. The molecule has 3 saturated carbocycles. The fourth-order valence-electron chi connectivity index (χ4n) is 6.53. The predicted octanol–water partition coefficient (Wildman–Crippen LogP) is 3.61. The van der Waals surface area contributed by atoms with Crippen LogP contribution in [0.3, 0.4) is 0 Å². The van der Waals surface area contributed by atoms with E-state index in [1.54, 1.807) is 12.4 Å². The second-order valence-electron chi connectivity index (χ2n) is 11.6. The van der Waals surface area contributed by atoms with Crippen molar-refractivity contribution in [3.8, 4) is 0 Å². The summed E-state index contributed by atoms with van der Waals surface area (Å²) in [5.41, 5.74) is 0.922. The first-order valence-electron chi connectivity index (χ1n) is 12.9. The van der Waals surface area contributed by atoms with E-state index < -0.39 is 10.8 Å². The van der Waals surface area contributed by atoms with E-state index in [4.69, 9.17) is 21.6 Å². The summed E-state index contributed by atoms with van der Waals surface area (Å²) >= 11 is 5.95. The number of aliphatic hydroxyl groups is 1. The Bertz CT molecular complexity index is 1180. The average molecular weight is 515 g/mol. The number of aliphatic hydroxyl groups excluding tert-OH is 1. The molecule has 2 aromatic rings. The Balaban J connectivity index is 1.09. The van der Waals surface area contributed by atoms with Crippen LogP contribution in [0.25, 0.3) is 0 Å². The van der Waals surface area contributed by atoms with E-state index in [0.717, 1.165) is 99.7 Å². The van der Waals surface area contributed by atoms with Gasteiger partial charge >= 0.3 is 0 Å². The van der Waals surface area contributed by atoms with Crippen molar-refractivity contribution in [2.75, 3.05) is 29.9 Å². The number of hydrogen-bond donors (Lipinski definition) is 2. The fourth-order valence-corrected chi connectivity index (χ4v) is 8.41. The van der Waals surface area contributed by atoms with Gasteiger partial charge in [0.15, 0.2) is 0 Å². The SMILES string of the molecule is O=[S@]1c2c(nc(N3CC4(CCC(c5ncc(Cl)cn5)CC4)C3)nc2NC2(CO)CCC2)CC12CC2. The van der Waals surface area contributed by atoms with E-state index >= 15 is 0 Å². The van der Waals surface area contributed by atoms with E-state index in [-0.39, 0.29) is 16.9 Å². The van der Waals surface area contributed by atoms with E-state index in [0.29, 0.717) is 22.2 Å². The van der Waals surface area contributed by atoms with Gasteiger partial charge in [-0.1, -0.05) is 11.6 Å². The molecule has 5 aliphatic rings. The van der Waals surface area contributed by atoms with Crippen molar-refractivity contribution in [2.24, 2.45) is 5.41 Å². The molecule has 0 aromatic carbocycles. The van der Waals surface area contributed by atoms with E-state index in [9.17, 15) is 9.32 Å². The summed E-state index contributed by atoms with van der Waals surface area (Å²) in [7, 11) is -1.07. The first kappa shape index (κ1) is 22.4. The molecule has 1 atom stereocenters. The highest BCUT2D eigenvalue weighted by Crippen LogP contribution is 2.55. The minimum Gasteiger partial charge on any atom is -0.394 e. The Kier molecular flexibility index (Phi) is 5.00. The summed E-state index contributed by atoms with van der Waals surface area (Å²) in [6, 6.07) is 0. The van der Waals surface area contributed by atoms with Crippen LogP contribution in [0.2, 0.25) is 5.02 Å². The van der Waals surface area contributed by atoms with Gasteiger partial charge in [0.05, 0.1) is 38.4 Å². The topological polar surface area (TPSA) is 104 Å². The fraction of sp³-hybridized carbons (Fsp3) is 0.680. The number of anilines is 2. The summed E-state index contributed by atoms with van der Waals surface area (Å²) in [5.74, 6) is 2.77. The van der Waals surface area contributed by atoms with Gasteiger partial charge in [-0.25, -0.2) is 15.0 Å². The minimum absolute atomic E-state index is 0.0736. The maximum absolute atomic E-state index is 13.4. The van der Waals surface area contributed by atoms with Gasteiger partial charge in [-0.2, -0.15) is 4.98 Å². The highest BCUT2D eigenvalue weighted by molar-refractivity contribution is 7.87. The smallest absolute Gasteiger partial charge is 0.227 e. The zero-order valence-corrected chi connectivity index (χ0v) is 21.4. The number of nitrogens with one attached hydrogen (secondary N) is 1. The molecule has 8 nitrogen and oxygen atoms in total. The third-order valence-electron chi connectivity index (χ3n) is 9.18. The summed E-state index contributed by atoms with van der Waals surface area (Å²) in [6.45, 7) is 1.99. The summed E-state index contributed by atoms with van der Waals surface area (Å²) in [4.78, 5) is 21.9. The second-order valence-corrected chi connectivity index (χ2v) is 13.8. The van der Waals surface area contributed by atoms with Gasteiger partial charge < -0.3 is 15.3 Å². The number of hydrogen-bond acceptors (Lipinski definition) is 8. The lowest BCUT2D eigenvalue weighted by molar-refractivity contribution is 0.124. The number of fused-ring (bicyclic) bond motifs is 1. The molecule has 7 rings (SSSR count). The molecule has 0 radical (unpaired) electrons. The Morgan fingerprint density at radius 1 is 1.09 bits per heavy atom. The van der Waals surface area contributed by atoms with Crippen LogP contribution in [-0.4, -0.2) is 59.2 Å². The quantitative estimate of drug-likeness (QED) is 0.623. The molecule has 4 fully saturated rings. The molecule has 0 bridgehead atoms. The van der Waals surface area contributed by atoms with E-state index in [1.165, 1.54) is 0 Å². The van der Waals surface area contributed by atoms with Crippen LogP contribution in [0, 0.1) is 5.41 Å². The Morgan fingerprint density at radius 2 is 1.80 bits per heavy atom. The van der Waals surface area contributed by atoms with Crippen LogP contribution in [0.15, 0.2) is 17.3 Å². The third kappa shape index (κ3) is 3.60. The lowest BCUT2D eigenvalue weighted by Crippen LogP contribution is -2.58. The summed E-state index contributed by atoms with van der Waals surface area (Å²) in [5, 5.41) is 14.2. The molecule has 2 N–H and O–H groups in total. The highest BCUT2D eigenvalue weighted by Gasteiger charge is 2.56. The average Bonchev–Trinajstić information content (AvgIpc) is 3.54.